The van der Waals surface area contributed by atoms with E-state index < -0.39 is 0 Å². The molecule has 72 valence electrons. The van der Waals surface area contributed by atoms with Gasteiger partial charge in [0.15, 0.2) is 0 Å². The van der Waals surface area contributed by atoms with Crippen molar-refractivity contribution in [3.63, 3.8) is 0 Å². The summed E-state index contributed by atoms with van der Waals surface area (Å²) in [5.74, 6) is 4.45. The van der Waals surface area contributed by atoms with Crippen LogP contribution in [-0.2, 0) is 7.05 Å². The van der Waals surface area contributed by atoms with Gasteiger partial charge in [-0.05, 0) is 23.8 Å². The van der Waals surface area contributed by atoms with Crippen LogP contribution in [0.5, 0.6) is 0 Å². The maximum absolute atomic E-state index is 4.22. The van der Waals surface area contributed by atoms with Crippen LogP contribution in [0.1, 0.15) is 6.42 Å². The summed E-state index contributed by atoms with van der Waals surface area (Å²) in [6, 6.07) is 0. The second kappa shape index (κ2) is 4.05. The second-order valence-electron chi connectivity index (χ2n) is 3.47. The van der Waals surface area contributed by atoms with Crippen molar-refractivity contribution in [1.82, 2.24) is 9.55 Å². The topological polar surface area (TPSA) is 29.9 Å². The fourth-order valence-electron chi connectivity index (χ4n) is 1.52. The third kappa shape index (κ3) is 2.18. The molecular weight excluding hydrogens is 182 g/mol. The van der Waals surface area contributed by atoms with Crippen LogP contribution in [0.15, 0.2) is 12.4 Å². The number of thioether (sulfide) groups is 1. The zero-order valence-corrected chi connectivity index (χ0v) is 8.68. The van der Waals surface area contributed by atoms with Crippen LogP contribution >= 0.6 is 11.8 Å². The average Bonchev–Trinajstić information content (AvgIpc) is 2.72. The molecule has 0 spiro atoms. The number of nitrogens with one attached hydrogen (secondary N) is 1. The molecule has 1 aromatic rings. The average molecular weight is 197 g/mol. The third-order valence-corrected chi connectivity index (χ3v) is 3.63. The van der Waals surface area contributed by atoms with E-state index in [9.17, 15) is 0 Å². The van der Waals surface area contributed by atoms with Crippen LogP contribution < -0.4 is 5.32 Å². The Kier molecular flexibility index (Phi) is 2.78. The van der Waals surface area contributed by atoms with Gasteiger partial charge in [0.1, 0.15) is 0 Å². The van der Waals surface area contributed by atoms with E-state index in [4.69, 9.17) is 0 Å². The van der Waals surface area contributed by atoms with Crippen molar-refractivity contribution >= 4 is 17.7 Å². The van der Waals surface area contributed by atoms with Crippen molar-refractivity contribution in [2.75, 3.05) is 23.4 Å². The summed E-state index contributed by atoms with van der Waals surface area (Å²) in [7, 11) is 2.01. The van der Waals surface area contributed by atoms with Crippen LogP contribution in [0.2, 0.25) is 0 Å². The predicted octanol–water partition coefficient (Wildman–Crippen LogP) is 1.59. The molecule has 2 rings (SSSR count). The molecule has 0 bridgehead atoms. The Morgan fingerprint density at radius 3 is 3.31 bits per heavy atom. The molecule has 0 aromatic carbocycles. The molecule has 1 N–H and O–H groups in total. The molecule has 0 radical (unpaired) electrons. The molecule has 3 nitrogen and oxygen atoms in total. The normalized spacial score (nSPS) is 22.1. The Morgan fingerprint density at radius 1 is 1.77 bits per heavy atom. The number of hydrogen-bond acceptors (Lipinski definition) is 3. The Bertz CT molecular complexity index is 266. The van der Waals surface area contributed by atoms with Gasteiger partial charge in [0.2, 0.25) is 5.95 Å². The minimum absolute atomic E-state index is 0.835. The highest BCUT2D eigenvalue weighted by atomic mass is 32.2. The Balaban J connectivity index is 1.82. The number of anilines is 1. The van der Waals surface area contributed by atoms with E-state index in [1.165, 1.54) is 17.9 Å². The minimum Gasteiger partial charge on any atom is -0.355 e. The molecule has 1 unspecified atom stereocenters. The van der Waals surface area contributed by atoms with Gasteiger partial charge in [-0.3, -0.25) is 0 Å². The molecule has 1 fully saturated rings. The number of hydrogen-bond donors (Lipinski definition) is 1. The summed E-state index contributed by atoms with van der Waals surface area (Å²) >= 11 is 2.06. The molecule has 1 aromatic heterocycles. The Labute approximate surface area is 82.9 Å². The van der Waals surface area contributed by atoms with Crippen LogP contribution in [0.3, 0.4) is 0 Å². The minimum atomic E-state index is 0.835. The van der Waals surface area contributed by atoms with Crippen molar-refractivity contribution in [3.05, 3.63) is 12.4 Å². The number of imidazole rings is 1. The van der Waals surface area contributed by atoms with E-state index in [0.717, 1.165) is 18.4 Å². The van der Waals surface area contributed by atoms with Gasteiger partial charge in [0.05, 0.1) is 0 Å². The molecule has 0 saturated carbocycles. The quantitative estimate of drug-likeness (QED) is 0.798. The summed E-state index contributed by atoms with van der Waals surface area (Å²) in [5, 5.41) is 3.37. The maximum Gasteiger partial charge on any atom is 0.202 e. The third-order valence-electron chi connectivity index (χ3n) is 2.39. The van der Waals surface area contributed by atoms with Crippen LogP contribution in [-0.4, -0.2) is 27.6 Å². The van der Waals surface area contributed by atoms with Crippen LogP contribution in [0, 0.1) is 5.92 Å². The summed E-state index contributed by atoms with van der Waals surface area (Å²) < 4.78 is 2.02. The van der Waals surface area contributed by atoms with Crippen molar-refractivity contribution in [2.24, 2.45) is 13.0 Å². The highest BCUT2D eigenvalue weighted by molar-refractivity contribution is 7.99. The summed E-state index contributed by atoms with van der Waals surface area (Å²) in [6.07, 6.45) is 5.14. The van der Waals surface area contributed by atoms with E-state index in [-0.39, 0.29) is 0 Å². The molecule has 0 aliphatic carbocycles. The van der Waals surface area contributed by atoms with Crippen molar-refractivity contribution in [3.8, 4) is 0 Å². The van der Waals surface area contributed by atoms with Gasteiger partial charge < -0.3 is 9.88 Å². The van der Waals surface area contributed by atoms with Gasteiger partial charge in [0, 0.05) is 26.0 Å². The number of rotatable bonds is 3. The van der Waals surface area contributed by atoms with E-state index in [0.29, 0.717) is 0 Å². The van der Waals surface area contributed by atoms with Gasteiger partial charge in [-0.2, -0.15) is 11.8 Å². The maximum atomic E-state index is 4.22. The van der Waals surface area contributed by atoms with Gasteiger partial charge in [-0.25, -0.2) is 4.98 Å². The largest absolute Gasteiger partial charge is 0.355 e. The molecule has 1 atom stereocenters. The zero-order chi connectivity index (χ0) is 9.10. The van der Waals surface area contributed by atoms with Crippen molar-refractivity contribution in [2.45, 2.75) is 6.42 Å². The van der Waals surface area contributed by atoms with Gasteiger partial charge in [0.25, 0.3) is 0 Å². The molecule has 1 saturated heterocycles. The predicted molar refractivity (Wildman–Crippen MR) is 57.1 cm³/mol. The van der Waals surface area contributed by atoms with E-state index in [2.05, 4.69) is 22.1 Å². The molecule has 13 heavy (non-hydrogen) atoms. The molecule has 2 heterocycles. The fourth-order valence-corrected chi connectivity index (χ4v) is 2.80. The van der Waals surface area contributed by atoms with Gasteiger partial charge >= 0.3 is 0 Å². The van der Waals surface area contributed by atoms with E-state index >= 15 is 0 Å². The molecular formula is C9H15N3S. The highest BCUT2D eigenvalue weighted by Gasteiger charge is 2.15. The first kappa shape index (κ1) is 8.94. The van der Waals surface area contributed by atoms with Gasteiger partial charge in [-0.1, -0.05) is 0 Å². The van der Waals surface area contributed by atoms with Crippen molar-refractivity contribution < 1.29 is 0 Å². The lowest BCUT2D eigenvalue weighted by Crippen LogP contribution is -2.15. The Morgan fingerprint density at radius 2 is 2.69 bits per heavy atom. The molecule has 1 aliphatic heterocycles. The van der Waals surface area contributed by atoms with Gasteiger partial charge in [-0.15, -0.1) is 0 Å². The molecule has 0 amide bonds. The standard InChI is InChI=1S/C9H15N3S/c1-12-4-3-10-9(12)11-6-8-2-5-13-7-8/h3-4,8H,2,5-7H2,1H3,(H,10,11). The van der Waals surface area contributed by atoms with Crippen molar-refractivity contribution in [1.29, 1.82) is 0 Å². The summed E-state index contributed by atoms with van der Waals surface area (Å²) in [5.41, 5.74) is 0. The Hall–Kier alpha value is -0.640. The smallest absolute Gasteiger partial charge is 0.202 e. The lowest BCUT2D eigenvalue weighted by atomic mass is 10.1. The lowest BCUT2D eigenvalue weighted by molar-refractivity contribution is 0.627. The van der Waals surface area contributed by atoms with Crippen LogP contribution in [0.25, 0.3) is 0 Å². The molecule has 1 aliphatic rings. The van der Waals surface area contributed by atoms with E-state index in [1.807, 2.05) is 24.0 Å². The SMILES string of the molecule is Cn1ccnc1NCC1CCSC1. The first-order chi connectivity index (χ1) is 6.36. The summed E-state index contributed by atoms with van der Waals surface area (Å²) in [4.78, 5) is 4.22. The fraction of sp³-hybridized carbons (Fsp3) is 0.667. The lowest BCUT2D eigenvalue weighted by Gasteiger charge is -2.10. The number of aryl methyl sites for hydroxylation is 1. The monoisotopic (exact) mass is 197 g/mol. The van der Waals surface area contributed by atoms with Crippen LogP contribution in [0.4, 0.5) is 5.95 Å². The highest BCUT2D eigenvalue weighted by Crippen LogP contribution is 2.23. The molecule has 4 heteroatoms. The first-order valence-electron chi connectivity index (χ1n) is 4.65. The number of nitrogens with zero attached hydrogens (tertiary/aromatic N) is 2. The zero-order valence-electron chi connectivity index (χ0n) is 7.86. The second-order valence-corrected chi connectivity index (χ2v) is 4.62. The summed E-state index contributed by atoms with van der Waals surface area (Å²) in [6.45, 7) is 1.07. The van der Waals surface area contributed by atoms with E-state index in [1.54, 1.807) is 0 Å². The number of aromatic nitrogens is 2. The first-order valence-corrected chi connectivity index (χ1v) is 5.80.